The molecule has 1 fully saturated rings. The first kappa shape index (κ1) is 12.9. The Bertz CT molecular complexity index is 160. The van der Waals surface area contributed by atoms with E-state index in [0.717, 1.165) is 32.2 Å². The fourth-order valence-electron chi connectivity index (χ4n) is 1.43. The quantitative estimate of drug-likeness (QED) is 0.586. The number of rotatable bonds is 9. The molecule has 3 heteroatoms. The van der Waals surface area contributed by atoms with E-state index in [9.17, 15) is 0 Å². The van der Waals surface area contributed by atoms with E-state index in [1.54, 1.807) is 0 Å². The van der Waals surface area contributed by atoms with E-state index in [2.05, 4.69) is 24.2 Å². The van der Waals surface area contributed by atoms with Crippen LogP contribution in [0.2, 0.25) is 0 Å². The van der Waals surface area contributed by atoms with Crippen molar-refractivity contribution in [2.75, 3.05) is 40.4 Å². The zero-order chi connectivity index (χ0) is 11.1. The standard InChI is InChI=1S/C12H26N2O/c1-11(13-2)6-7-14(3)8-9-15-10-12-4-5-12/h11-13H,4-10H2,1-3H3. The third kappa shape index (κ3) is 6.88. The van der Waals surface area contributed by atoms with Gasteiger partial charge in [0.1, 0.15) is 0 Å². The summed E-state index contributed by atoms with van der Waals surface area (Å²) in [6.45, 7) is 6.30. The van der Waals surface area contributed by atoms with E-state index in [-0.39, 0.29) is 0 Å². The number of hydrogen-bond acceptors (Lipinski definition) is 3. The monoisotopic (exact) mass is 214 g/mol. The Kier molecular flexibility index (Phi) is 6.22. The average molecular weight is 214 g/mol. The van der Waals surface area contributed by atoms with Crippen molar-refractivity contribution in [1.82, 2.24) is 10.2 Å². The Balaban J connectivity index is 1.85. The second kappa shape index (κ2) is 7.20. The van der Waals surface area contributed by atoms with E-state index >= 15 is 0 Å². The lowest BCUT2D eigenvalue weighted by Gasteiger charge is -2.18. The lowest BCUT2D eigenvalue weighted by molar-refractivity contribution is 0.102. The van der Waals surface area contributed by atoms with Gasteiger partial charge in [0.15, 0.2) is 0 Å². The highest BCUT2D eigenvalue weighted by Gasteiger charge is 2.20. The molecule has 1 aliphatic carbocycles. The molecule has 1 rings (SSSR count). The van der Waals surface area contributed by atoms with E-state index in [4.69, 9.17) is 4.74 Å². The molecule has 0 spiro atoms. The summed E-state index contributed by atoms with van der Waals surface area (Å²) in [4.78, 5) is 2.35. The Labute approximate surface area is 94.2 Å². The fourth-order valence-corrected chi connectivity index (χ4v) is 1.43. The zero-order valence-corrected chi connectivity index (χ0v) is 10.5. The minimum Gasteiger partial charge on any atom is -0.380 e. The van der Waals surface area contributed by atoms with E-state index in [1.807, 2.05) is 7.05 Å². The SMILES string of the molecule is CNC(C)CCN(C)CCOCC1CC1. The van der Waals surface area contributed by atoms with Crippen molar-refractivity contribution in [3.8, 4) is 0 Å². The fraction of sp³-hybridized carbons (Fsp3) is 1.00. The first-order valence-corrected chi connectivity index (χ1v) is 6.16. The number of nitrogens with one attached hydrogen (secondary N) is 1. The average Bonchev–Trinajstić information content (AvgIpc) is 3.04. The summed E-state index contributed by atoms with van der Waals surface area (Å²) in [5.74, 6) is 0.889. The normalized spacial score (nSPS) is 18.4. The molecule has 0 saturated heterocycles. The maximum Gasteiger partial charge on any atom is 0.0593 e. The van der Waals surface area contributed by atoms with E-state index in [1.165, 1.54) is 19.3 Å². The lowest BCUT2D eigenvalue weighted by Crippen LogP contribution is -2.30. The Morgan fingerprint density at radius 1 is 1.40 bits per heavy atom. The maximum atomic E-state index is 5.60. The van der Waals surface area contributed by atoms with Gasteiger partial charge in [-0.3, -0.25) is 0 Å². The number of hydrogen-bond donors (Lipinski definition) is 1. The summed E-state index contributed by atoms with van der Waals surface area (Å²) in [7, 11) is 4.19. The molecule has 0 aromatic carbocycles. The van der Waals surface area contributed by atoms with Gasteiger partial charge in [0, 0.05) is 19.2 Å². The van der Waals surface area contributed by atoms with Gasteiger partial charge in [0.25, 0.3) is 0 Å². The molecule has 1 aliphatic rings. The number of ether oxygens (including phenoxy) is 1. The van der Waals surface area contributed by atoms with Crippen LogP contribution in [0.15, 0.2) is 0 Å². The predicted octanol–water partition coefficient (Wildman–Crippen LogP) is 1.34. The molecule has 1 saturated carbocycles. The zero-order valence-electron chi connectivity index (χ0n) is 10.5. The second-order valence-corrected chi connectivity index (χ2v) is 4.80. The van der Waals surface area contributed by atoms with Gasteiger partial charge < -0.3 is 15.0 Å². The summed E-state index contributed by atoms with van der Waals surface area (Å²) >= 11 is 0. The highest BCUT2D eigenvalue weighted by atomic mass is 16.5. The van der Waals surface area contributed by atoms with Crippen molar-refractivity contribution in [1.29, 1.82) is 0 Å². The van der Waals surface area contributed by atoms with Gasteiger partial charge in [-0.05, 0) is 52.7 Å². The maximum absolute atomic E-state index is 5.60. The van der Waals surface area contributed by atoms with Crippen LogP contribution in [0.4, 0.5) is 0 Å². The van der Waals surface area contributed by atoms with Crippen molar-refractivity contribution >= 4 is 0 Å². The highest BCUT2D eigenvalue weighted by Crippen LogP contribution is 2.28. The summed E-state index contributed by atoms with van der Waals surface area (Å²) in [5, 5.41) is 3.25. The van der Waals surface area contributed by atoms with Crippen LogP contribution in [0.5, 0.6) is 0 Å². The van der Waals surface area contributed by atoms with Crippen LogP contribution in [0.1, 0.15) is 26.2 Å². The highest BCUT2D eigenvalue weighted by molar-refractivity contribution is 4.72. The van der Waals surface area contributed by atoms with Gasteiger partial charge in [0.2, 0.25) is 0 Å². The van der Waals surface area contributed by atoms with Crippen LogP contribution < -0.4 is 5.32 Å². The molecule has 90 valence electrons. The van der Waals surface area contributed by atoms with Gasteiger partial charge in [-0.2, -0.15) is 0 Å². The number of likely N-dealkylation sites (N-methyl/N-ethyl adjacent to an activating group) is 1. The molecule has 3 nitrogen and oxygen atoms in total. The first-order valence-electron chi connectivity index (χ1n) is 6.16. The third-order valence-electron chi connectivity index (χ3n) is 3.10. The van der Waals surface area contributed by atoms with Crippen molar-refractivity contribution in [2.45, 2.75) is 32.2 Å². The lowest BCUT2D eigenvalue weighted by atomic mass is 10.2. The molecule has 0 aliphatic heterocycles. The first-order chi connectivity index (χ1) is 7.22. The van der Waals surface area contributed by atoms with Crippen LogP contribution >= 0.6 is 0 Å². The predicted molar refractivity (Wildman–Crippen MR) is 64.2 cm³/mol. The minimum absolute atomic E-state index is 0.611. The molecule has 0 aromatic rings. The molecule has 0 bridgehead atoms. The molecule has 1 atom stereocenters. The molecule has 1 N–H and O–H groups in total. The number of nitrogens with zero attached hydrogens (tertiary/aromatic N) is 1. The minimum atomic E-state index is 0.611. The molecular weight excluding hydrogens is 188 g/mol. The molecule has 0 aromatic heterocycles. The molecule has 15 heavy (non-hydrogen) atoms. The van der Waals surface area contributed by atoms with Gasteiger partial charge in [-0.25, -0.2) is 0 Å². The summed E-state index contributed by atoms with van der Waals surface area (Å²) in [6.07, 6.45) is 3.97. The van der Waals surface area contributed by atoms with Crippen molar-refractivity contribution in [2.24, 2.45) is 5.92 Å². The Morgan fingerprint density at radius 2 is 2.13 bits per heavy atom. The van der Waals surface area contributed by atoms with Crippen molar-refractivity contribution in [3.05, 3.63) is 0 Å². The Morgan fingerprint density at radius 3 is 2.73 bits per heavy atom. The van der Waals surface area contributed by atoms with E-state index in [0.29, 0.717) is 6.04 Å². The summed E-state index contributed by atoms with van der Waals surface area (Å²) < 4.78 is 5.60. The topological polar surface area (TPSA) is 24.5 Å². The molecule has 0 heterocycles. The van der Waals surface area contributed by atoms with Crippen LogP contribution in [0, 0.1) is 5.92 Å². The van der Waals surface area contributed by atoms with Crippen LogP contribution in [0.3, 0.4) is 0 Å². The largest absolute Gasteiger partial charge is 0.380 e. The second-order valence-electron chi connectivity index (χ2n) is 4.80. The third-order valence-corrected chi connectivity index (χ3v) is 3.10. The van der Waals surface area contributed by atoms with Crippen molar-refractivity contribution < 1.29 is 4.74 Å². The molecular formula is C12H26N2O. The van der Waals surface area contributed by atoms with Crippen LogP contribution in [-0.2, 0) is 4.74 Å². The van der Waals surface area contributed by atoms with Crippen molar-refractivity contribution in [3.63, 3.8) is 0 Å². The van der Waals surface area contributed by atoms with Gasteiger partial charge in [-0.1, -0.05) is 0 Å². The molecule has 0 radical (unpaired) electrons. The molecule has 0 amide bonds. The van der Waals surface area contributed by atoms with Crippen LogP contribution in [0.25, 0.3) is 0 Å². The summed E-state index contributed by atoms with van der Waals surface area (Å²) in [6, 6.07) is 0.611. The van der Waals surface area contributed by atoms with Gasteiger partial charge in [0.05, 0.1) is 6.61 Å². The smallest absolute Gasteiger partial charge is 0.0593 e. The summed E-state index contributed by atoms with van der Waals surface area (Å²) in [5.41, 5.74) is 0. The Hall–Kier alpha value is -0.120. The molecule has 1 unspecified atom stereocenters. The van der Waals surface area contributed by atoms with Gasteiger partial charge in [-0.15, -0.1) is 0 Å². The van der Waals surface area contributed by atoms with Gasteiger partial charge >= 0.3 is 0 Å². The van der Waals surface area contributed by atoms with E-state index < -0.39 is 0 Å². The van der Waals surface area contributed by atoms with Crippen LogP contribution in [-0.4, -0.2) is 51.3 Å².